The van der Waals surface area contributed by atoms with Gasteiger partial charge in [0, 0.05) is 25.4 Å². The van der Waals surface area contributed by atoms with Crippen molar-refractivity contribution in [3.63, 3.8) is 0 Å². The van der Waals surface area contributed by atoms with Crippen LogP contribution >= 0.6 is 0 Å². The van der Waals surface area contributed by atoms with Gasteiger partial charge in [0.1, 0.15) is 5.69 Å². The number of amides is 3. The maximum atomic E-state index is 12.0. The Balaban J connectivity index is 1.09. The fourth-order valence-corrected chi connectivity index (χ4v) is 4.10. The molecule has 36 heavy (non-hydrogen) atoms. The van der Waals surface area contributed by atoms with Gasteiger partial charge in [-0.1, -0.05) is 19.1 Å². The summed E-state index contributed by atoms with van der Waals surface area (Å²) >= 11 is 0. The van der Waals surface area contributed by atoms with Gasteiger partial charge in [-0.2, -0.15) is 0 Å². The fraction of sp³-hybridized carbons (Fsp3) is 0.792. The van der Waals surface area contributed by atoms with Crippen LogP contribution in [0, 0.1) is 11.8 Å². The molecule has 0 bridgehead atoms. The second-order valence-corrected chi connectivity index (χ2v) is 9.33. The van der Waals surface area contributed by atoms with Crippen LogP contribution in [0.15, 0.2) is 6.20 Å². The number of carbonyl (C=O) groups excluding carboxylic acids is 3. The SMILES string of the molecule is CC1CCN(C(=O)CCOCCOCCOCCOCCn2cc(CN3C(=O)CC(C)C3=O)nn2)C1. The predicted octanol–water partition coefficient (Wildman–Crippen LogP) is 0.498. The third kappa shape index (κ3) is 9.23. The van der Waals surface area contributed by atoms with Gasteiger partial charge in [-0.25, -0.2) is 4.68 Å². The molecule has 1 aromatic rings. The van der Waals surface area contributed by atoms with E-state index in [4.69, 9.17) is 18.9 Å². The van der Waals surface area contributed by atoms with E-state index in [9.17, 15) is 14.4 Å². The molecular weight excluding hydrogens is 470 g/mol. The van der Waals surface area contributed by atoms with Crippen LogP contribution in [0.3, 0.4) is 0 Å². The van der Waals surface area contributed by atoms with Crippen molar-refractivity contribution in [2.45, 2.75) is 46.2 Å². The molecule has 2 unspecified atom stereocenters. The summed E-state index contributed by atoms with van der Waals surface area (Å²) in [6.45, 7) is 9.95. The van der Waals surface area contributed by atoms with Gasteiger partial charge < -0.3 is 23.8 Å². The Morgan fingerprint density at radius 2 is 1.61 bits per heavy atom. The van der Waals surface area contributed by atoms with E-state index in [2.05, 4.69) is 17.2 Å². The van der Waals surface area contributed by atoms with Crippen LogP contribution in [0.1, 0.15) is 38.8 Å². The molecule has 12 nitrogen and oxygen atoms in total. The molecule has 2 aliphatic rings. The maximum absolute atomic E-state index is 12.0. The Kier molecular flexibility index (Phi) is 11.7. The van der Waals surface area contributed by atoms with Crippen LogP contribution in [-0.2, 0) is 46.4 Å². The highest BCUT2D eigenvalue weighted by molar-refractivity contribution is 6.03. The second-order valence-electron chi connectivity index (χ2n) is 9.33. The lowest BCUT2D eigenvalue weighted by Crippen LogP contribution is -2.29. The molecule has 0 saturated carbocycles. The first kappa shape index (κ1) is 28.2. The summed E-state index contributed by atoms with van der Waals surface area (Å²) in [4.78, 5) is 39.0. The molecule has 0 N–H and O–H groups in total. The van der Waals surface area contributed by atoms with Crippen molar-refractivity contribution in [3.05, 3.63) is 11.9 Å². The van der Waals surface area contributed by atoms with Gasteiger partial charge in [0.2, 0.25) is 17.7 Å². The molecule has 202 valence electrons. The molecule has 12 heteroatoms. The molecule has 2 fully saturated rings. The van der Waals surface area contributed by atoms with Gasteiger partial charge in [0.25, 0.3) is 0 Å². The van der Waals surface area contributed by atoms with E-state index in [1.165, 1.54) is 4.90 Å². The highest BCUT2D eigenvalue weighted by Crippen LogP contribution is 2.20. The quantitative estimate of drug-likeness (QED) is 0.218. The normalized spacial score (nSPS) is 20.2. The lowest BCUT2D eigenvalue weighted by molar-refractivity contribution is -0.140. The monoisotopic (exact) mass is 509 g/mol. The third-order valence-corrected chi connectivity index (χ3v) is 6.19. The van der Waals surface area contributed by atoms with Crippen molar-refractivity contribution in [1.82, 2.24) is 24.8 Å². The van der Waals surface area contributed by atoms with Crippen molar-refractivity contribution in [1.29, 1.82) is 0 Å². The van der Waals surface area contributed by atoms with Crippen LogP contribution in [-0.4, -0.2) is 108 Å². The van der Waals surface area contributed by atoms with Gasteiger partial charge in [-0.05, 0) is 12.3 Å². The van der Waals surface area contributed by atoms with Crippen LogP contribution in [0.5, 0.6) is 0 Å². The summed E-state index contributed by atoms with van der Waals surface area (Å²) in [5.41, 5.74) is 0.574. The number of rotatable bonds is 17. The van der Waals surface area contributed by atoms with Crippen molar-refractivity contribution in [2.24, 2.45) is 11.8 Å². The van der Waals surface area contributed by atoms with Crippen molar-refractivity contribution >= 4 is 17.7 Å². The van der Waals surface area contributed by atoms with Crippen LogP contribution in [0.4, 0.5) is 0 Å². The molecule has 3 heterocycles. The second kappa shape index (κ2) is 15.0. The molecule has 1 aromatic heterocycles. The van der Waals surface area contributed by atoms with Gasteiger partial charge in [-0.3, -0.25) is 19.3 Å². The van der Waals surface area contributed by atoms with E-state index in [1.54, 1.807) is 17.8 Å². The smallest absolute Gasteiger partial charge is 0.232 e. The lowest BCUT2D eigenvalue weighted by Gasteiger charge is -2.15. The molecule has 0 radical (unpaired) electrons. The van der Waals surface area contributed by atoms with Crippen LogP contribution < -0.4 is 0 Å². The minimum absolute atomic E-state index is 0.155. The molecule has 2 atom stereocenters. The highest BCUT2D eigenvalue weighted by Gasteiger charge is 2.35. The van der Waals surface area contributed by atoms with E-state index in [-0.39, 0.29) is 36.6 Å². The Morgan fingerprint density at radius 3 is 2.19 bits per heavy atom. The zero-order valence-corrected chi connectivity index (χ0v) is 21.4. The standard InChI is InChI=1S/C24H39N5O7/c1-19-3-5-27(16-19)22(30)4-7-33-9-11-35-13-14-36-12-10-34-8-6-28-17-21(25-26-28)18-29-23(31)15-20(2)24(29)32/h17,19-20H,3-16,18H2,1-2H3. The third-order valence-electron chi connectivity index (χ3n) is 6.19. The van der Waals surface area contributed by atoms with Crippen LogP contribution in [0.2, 0.25) is 0 Å². The number of carbonyl (C=O) groups is 3. The van der Waals surface area contributed by atoms with Crippen molar-refractivity contribution in [3.8, 4) is 0 Å². The number of nitrogens with zero attached hydrogens (tertiary/aromatic N) is 5. The number of ether oxygens (including phenoxy) is 4. The average Bonchev–Trinajstić information content (AvgIpc) is 3.55. The topological polar surface area (TPSA) is 125 Å². The van der Waals surface area contributed by atoms with Gasteiger partial charge in [-0.15, -0.1) is 5.10 Å². The molecule has 0 aromatic carbocycles. The summed E-state index contributed by atoms with van der Waals surface area (Å²) in [5.74, 6) is 0.181. The molecule has 2 aliphatic heterocycles. The lowest BCUT2D eigenvalue weighted by atomic mass is 10.1. The molecule has 2 saturated heterocycles. The van der Waals surface area contributed by atoms with E-state index < -0.39 is 0 Å². The molecule has 3 amide bonds. The predicted molar refractivity (Wildman–Crippen MR) is 128 cm³/mol. The molecular formula is C24H39N5O7. The number of imide groups is 1. The molecule has 0 spiro atoms. The Morgan fingerprint density at radius 1 is 0.972 bits per heavy atom. The van der Waals surface area contributed by atoms with E-state index in [0.717, 1.165) is 19.5 Å². The zero-order chi connectivity index (χ0) is 25.8. The Bertz CT molecular complexity index is 849. The van der Waals surface area contributed by atoms with Gasteiger partial charge >= 0.3 is 0 Å². The van der Waals surface area contributed by atoms with Crippen LogP contribution in [0.25, 0.3) is 0 Å². The summed E-state index contributed by atoms with van der Waals surface area (Å²) in [7, 11) is 0. The summed E-state index contributed by atoms with van der Waals surface area (Å²) in [6, 6.07) is 0. The Hall–Kier alpha value is -2.41. The fourth-order valence-electron chi connectivity index (χ4n) is 4.10. The maximum Gasteiger partial charge on any atom is 0.232 e. The first-order valence-electron chi connectivity index (χ1n) is 12.8. The summed E-state index contributed by atoms with van der Waals surface area (Å²) in [5, 5.41) is 8.04. The number of hydrogen-bond donors (Lipinski definition) is 0. The molecule has 0 aliphatic carbocycles. The van der Waals surface area contributed by atoms with E-state index in [1.807, 2.05) is 4.90 Å². The minimum atomic E-state index is -0.264. The molecule has 3 rings (SSSR count). The zero-order valence-electron chi connectivity index (χ0n) is 21.4. The van der Waals surface area contributed by atoms with Crippen molar-refractivity contribution in [2.75, 3.05) is 65.9 Å². The van der Waals surface area contributed by atoms with E-state index >= 15 is 0 Å². The number of hydrogen-bond acceptors (Lipinski definition) is 9. The first-order chi connectivity index (χ1) is 17.4. The van der Waals surface area contributed by atoms with Crippen molar-refractivity contribution < 1.29 is 33.3 Å². The first-order valence-corrected chi connectivity index (χ1v) is 12.8. The highest BCUT2D eigenvalue weighted by atomic mass is 16.6. The van der Waals surface area contributed by atoms with Gasteiger partial charge in [0.05, 0.1) is 78.6 Å². The Labute approximate surface area is 212 Å². The average molecular weight is 510 g/mol. The largest absolute Gasteiger partial charge is 0.379 e. The number of aromatic nitrogens is 3. The number of likely N-dealkylation sites (tertiary alicyclic amines) is 2. The summed E-state index contributed by atoms with van der Waals surface area (Å²) < 4.78 is 23.6. The summed E-state index contributed by atoms with van der Waals surface area (Å²) in [6.07, 6.45) is 3.49. The van der Waals surface area contributed by atoms with E-state index in [0.29, 0.717) is 77.4 Å². The van der Waals surface area contributed by atoms with Gasteiger partial charge in [0.15, 0.2) is 0 Å². The minimum Gasteiger partial charge on any atom is -0.379 e.